The normalized spacial score (nSPS) is 15.6. The molecule has 2 rings (SSSR count). The van der Waals surface area contributed by atoms with E-state index in [0.29, 0.717) is 19.6 Å². The highest BCUT2D eigenvalue weighted by Crippen LogP contribution is 2.18. The highest BCUT2D eigenvalue weighted by atomic mass is 16.2. The summed E-state index contributed by atoms with van der Waals surface area (Å²) < 4.78 is 0. The quantitative estimate of drug-likeness (QED) is 0.727. The second-order valence-corrected chi connectivity index (χ2v) is 6.66. The van der Waals surface area contributed by atoms with Gasteiger partial charge in [0.15, 0.2) is 0 Å². The van der Waals surface area contributed by atoms with Crippen molar-refractivity contribution in [3.05, 3.63) is 42.0 Å². The number of carbonyl (C=O) groups excluding carboxylic acids is 2. The number of benzene rings is 1. The lowest BCUT2D eigenvalue weighted by Gasteiger charge is -2.30. The van der Waals surface area contributed by atoms with Crippen LogP contribution in [0.5, 0.6) is 0 Å². The van der Waals surface area contributed by atoms with Gasteiger partial charge in [0.05, 0.1) is 0 Å². The molecule has 1 saturated heterocycles. The second kappa shape index (κ2) is 10.8. The smallest absolute Gasteiger partial charge is 0.246 e. The first-order valence-electron chi connectivity index (χ1n) is 9.66. The molecule has 1 aromatic carbocycles. The van der Waals surface area contributed by atoms with E-state index in [1.165, 1.54) is 0 Å². The minimum absolute atomic E-state index is 0.0221. The first-order valence-corrected chi connectivity index (χ1v) is 9.66. The van der Waals surface area contributed by atoms with E-state index in [9.17, 15) is 9.59 Å². The van der Waals surface area contributed by atoms with Crippen molar-refractivity contribution in [1.82, 2.24) is 15.1 Å². The van der Waals surface area contributed by atoms with Crippen molar-refractivity contribution in [2.24, 2.45) is 5.92 Å². The summed E-state index contributed by atoms with van der Waals surface area (Å²) in [5.74, 6) is 0.173. The van der Waals surface area contributed by atoms with Crippen LogP contribution in [0.2, 0.25) is 0 Å². The molecule has 0 radical (unpaired) electrons. The van der Waals surface area contributed by atoms with Crippen molar-refractivity contribution in [2.45, 2.75) is 26.7 Å². The number of carbonyl (C=O) groups is 2. The fourth-order valence-electron chi connectivity index (χ4n) is 3.22. The standard InChI is InChI=1S/C21H31N3O2/c1-3-23(4-2)17-14-22-21(26)19-12-15-24(16-13-19)20(25)11-10-18-8-6-5-7-9-18/h5-11,19H,3-4,12-17H2,1-2H3,(H,22,26)/b11-10+. The number of amides is 2. The lowest BCUT2D eigenvalue weighted by molar-refractivity contribution is -0.132. The van der Waals surface area contributed by atoms with E-state index in [4.69, 9.17) is 0 Å². The highest BCUT2D eigenvalue weighted by Gasteiger charge is 2.26. The molecule has 1 fully saturated rings. The van der Waals surface area contributed by atoms with Crippen LogP contribution in [0.3, 0.4) is 0 Å². The Labute approximate surface area is 157 Å². The number of likely N-dealkylation sites (N-methyl/N-ethyl adjacent to an activating group) is 1. The van der Waals surface area contributed by atoms with Crippen LogP contribution in [0.4, 0.5) is 0 Å². The zero-order valence-corrected chi connectivity index (χ0v) is 16.0. The zero-order valence-electron chi connectivity index (χ0n) is 16.0. The van der Waals surface area contributed by atoms with Crippen molar-refractivity contribution < 1.29 is 9.59 Å². The number of hydrogen-bond donors (Lipinski definition) is 1. The molecule has 0 atom stereocenters. The Hall–Kier alpha value is -2.14. The summed E-state index contributed by atoms with van der Waals surface area (Å²) in [5.41, 5.74) is 1.02. The van der Waals surface area contributed by atoms with Crippen LogP contribution in [0.25, 0.3) is 6.08 Å². The van der Waals surface area contributed by atoms with Crippen molar-refractivity contribution in [3.8, 4) is 0 Å². The van der Waals surface area contributed by atoms with Gasteiger partial charge in [-0.1, -0.05) is 44.2 Å². The van der Waals surface area contributed by atoms with E-state index in [0.717, 1.165) is 38.0 Å². The molecule has 142 valence electrons. The molecular weight excluding hydrogens is 326 g/mol. The number of rotatable bonds is 8. The third-order valence-electron chi connectivity index (χ3n) is 5.02. The molecule has 0 aromatic heterocycles. The summed E-state index contributed by atoms with van der Waals surface area (Å²) in [6.45, 7) is 9.14. The molecule has 2 amide bonds. The molecule has 1 aliphatic rings. The van der Waals surface area contributed by atoms with E-state index in [-0.39, 0.29) is 17.7 Å². The maximum Gasteiger partial charge on any atom is 0.246 e. The van der Waals surface area contributed by atoms with E-state index >= 15 is 0 Å². The second-order valence-electron chi connectivity index (χ2n) is 6.66. The van der Waals surface area contributed by atoms with Crippen LogP contribution in [0.15, 0.2) is 36.4 Å². The third-order valence-corrected chi connectivity index (χ3v) is 5.02. The molecule has 0 unspecified atom stereocenters. The Balaban J connectivity index is 1.71. The Bertz CT molecular complexity index is 589. The Morgan fingerprint density at radius 1 is 1.15 bits per heavy atom. The highest BCUT2D eigenvalue weighted by molar-refractivity contribution is 5.92. The van der Waals surface area contributed by atoms with Crippen LogP contribution >= 0.6 is 0 Å². The molecule has 5 heteroatoms. The van der Waals surface area contributed by atoms with Gasteiger partial charge in [0.1, 0.15) is 0 Å². The van der Waals surface area contributed by atoms with Crippen LogP contribution in [0, 0.1) is 5.92 Å². The average molecular weight is 357 g/mol. The lowest BCUT2D eigenvalue weighted by Crippen LogP contribution is -2.44. The van der Waals surface area contributed by atoms with Gasteiger partial charge in [-0.05, 0) is 37.6 Å². The summed E-state index contributed by atoms with van der Waals surface area (Å²) >= 11 is 0. The third kappa shape index (κ3) is 6.30. The molecule has 1 aromatic rings. The van der Waals surface area contributed by atoms with Gasteiger partial charge in [0, 0.05) is 38.2 Å². The maximum atomic E-state index is 12.3. The van der Waals surface area contributed by atoms with Crippen molar-refractivity contribution >= 4 is 17.9 Å². The van der Waals surface area contributed by atoms with Crippen LogP contribution < -0.4 is 5.32 Å². The van der Waals surface area contributed by atoms with Crippen LogP contribution in [-0.2, 0) is 9.59 Å². The van der Waals surface area contributed by atoms with Crippen LogP contribution in [-0.4, -0.2) is 60.9 Å². The minimum Gasteiger partial charge on any atom is -0.355 e. The summed E-state index contributed by atoms with van der Waals surface area (Å²) in [4.78, 5) is 28.7. The predicted molar refractivity (Wildman–Crippen MR) is 106 cm³/mol. The van der Waals surface area contributed by atoms with E-state index in [1.807, 2.05) is 41.3 Å². The molecule has 26 heavy (non-hydrogen) atoms. The van der Waals surface area contributed by atoms with Crippen molar-refractivity contribution in [3.63, 3.8) is 0 Å². The van der Waals surface area contributed by atoms with Gasteiger partial charge < -0.3 is 15.1 Å². The number of piperidine rings is 1. The molecular formula is C21H31N3O2. The number of likely N-dealkylation sites (tertiary alicyclic amines) is 1. The van der Waals surface area contributed by atoms with Gasteiger partial charge in [0.2, 0.25) is 11.8 Å². The zero-order chi connectivity index (χ0) is 18.8. The maximum absolute atomic E-state index is 12.3. The Kier molecular flexibility index (Phi) is 8.35. The van der Waals surface area contributed by atoms with Gasteiger partial charge in [-0.15, -0.1) is 0 Å². The predicted octanol–water partition coefficient (Wildman–Crippen LogP) is 2.40. The van der Waals surface area contributed by atoms with Gasteiger partial charge in [-0.3, -0.25) is 9.59 Å². The number of nitrogens with one attached hydrogen (secondary N) is 1. The molecule has 1 aliphatic heterocycles. The number of hydrogen-bond acceptors (Lipinski definition) is 3. The Morgan fingerprint density at radius 3 is 2.42 bits per heavy atom. The molecule has 5 nitrogen and oxygen atoms in total. The van der Waals surface area contributed by atoms with E-state index in [1.54, 1.807) is 6.08 Å². The summed E-state index contributed by atoms with van der Waals surface area (Å²) in [6, 6.07) is 9.80. The fourth-order valence-corrected chi connectivity index (χ4v) is 3.22. The summed E-state index contributed by atoms with van der Waals surface area (Å²) in [7, 11) is 0. The van der Waals surface area contributed by atoms with Gasteiger partial charge in [-0.2, -0.15) is 0 Å². The van der Waals surface area contributed by atoms with E-state index in [2.05, 4.69) is 24.1 Å². The van der Waals surface area contributed by atoms with Crippen molar-refractivity contribution in [1.29, 1.82) is 0 Å². The van der Waals surface area contributed by atoms with E-state index < -0.39 is 0 Å². The molecule has 1 N–H and O–H groups in total. The lowest BCUT2D eigenvalue weighted by atomic mass is 9.96. The topological polar surface area (TPSA) is 52.7 Å². The van der Waals surface area contributed by atoms with Gasteiger partial charge in [-0.25, -0.2) is 0 Å². The average Bonchev–Trinajstić information content (AvgIpc) is 2.70. The summed E-state index contributed by atoms with van der Waals surface area (Å²) in [5, 5.41) is 3.04. The SMILES string of the molecule is CCN(CC)CCNC(=O)C1CCN(C(=O)/C=C/c2ccccc2)CC1. The minimum atomic E-state index is 0.0221. The molecule has 1 heterocycles. The first-order chi connectivity index (χ1) is 12.6. The molecule has 0 spiro atoms. The van der Waals surface area contributed by atoms with Gasteiger partial charge >= 0.3 is 0 Å². The molecule has 0 bridgehead atoms. The van der Waals surface area contributed by atoms with Crippen molar-refractivity contribution in [2.75, 3.05) is 39.3 Å². The number of nitrogens with zero attached hydrogens (tertiary/aromatic N) is 2. The fraction of sp³-hybridized carbons (Fsp3) is 0.524. The molecule has 0 aliphatic carbocycles. The largest absolute Gasteiger partial charge is 0.355 e. The monoisotopic (exact) mass is 357 g/mol. The summed E-state index contributed by atoms with van der Waals surface area (Å²) in [6.07, 6.45) is 4.94. The first kappa shape index (κ1) is 20.2. The van der Waals surface area contributed by atoms with Crippen LogP contribution in [0.1, 0.15) is 32.3 Å². The van der Waals surface area contributed by atoms with Gasteiger partial charge in [0.25, 0.3) is 0 Å². The molecule has 0 saturated carbocycles. The Morgan fingerprint density at radius 2 is 1.81 bits per heavy atom.